The van der Waals surface area contributed by atoms with E-state index < -0.39 is 0 Å². The number of hydrogen-bond acceptors (Lipinski definition) is 5. The number of imide groups is 1. The van der Waals surface area contributed by atoms with Crippen molar-refractivity contribution >= 4 is 29.5 Å². The van der Waals surface area contributed by atoms with Crippen LogP contribution in [0.1, 0.15) is 80.1 Å². The van der Waals surface area contributed by atoms with Crippen LogP contribution in [-0.2, 0) is 19.1 Å². The molecular weight excluding hydrogens is 362 g/mol. The number of ether oxygens (including phenoxy) is 1. The normalized spacial score (nSPS) is 20.4. The molecule has 1 saturated carbocycles. The minimum Gasteiger partial charge on any atom is -0.469 e. The first-order valence-electron chi connectivity index (χ1n) is 10.3. The fourth-order valence-electron chi connectivity index (χ4n) is 2.83. The molecule has 1 aliphatic heterocycles. The van der Waals surface area contributed by atoms with E-state index in [1.54, 1.807) is 11.8 Å². The molecule has 0 aromatic rings. The van der Waals surface area contributed by atoms with E-state index in [4.69, 9.17) is 4.74 Å². The minimum absolute atomic E-state index is 0.00349. The monoisotopic (exact) mass is 405 g/mol. The second-order valence-electron chi connectivity index (χ2n) is 5.55. The zero-order valence-electron chi connectivity index (χ0n) is 19.1. The summed E-state index contributed by atoms with van der Waals surface area (Å²) < 4.78 is 4.73. The van der Waals surface area contributed by atoms with Gasteiger partial charge >= 0.3 is 5.97 Å². The molecule has 0 aromatic carbocycles. The highest BCUT2D eigenvalue weighted by Gasteiger charge is 2.33. The molecule has 0 atom stereocenters. The maximum atomic E-state index is 11.5. The van der Waals surface area contributed by atoms with E-state index in [9.17, 15) is 14.4 Å². The van der Waals surface area contributed by atoms with Gasteiger partial charge in [-0.05, 0) is 44.1 Å². The first kappa shape index (κ1) is 30.7. The summed E-state index contributed by atoms with van der Waals surface area (Å²) in [6, 6.07) is 0. The van der Waals surface area contributed by atoms with E-state index in [1.165, 1.54) is 12.0 Å². The number of hydrogen-bond donors (Lipinski definition) is 0. The summed E-state index contributed by atoms with van der Waals surface area (Å²) in [5.74, 6) is 0.111. The lowest BCUT2D eigenvalue weighted by atomic mass is 9.82. The molecule has 1 saturated heterocycles. The molecule has 5 nitrogen and oxygen atoms in total. The average molecular weight is 406 g/mol. The van der Waals surface area contributed by atoms with Crippen molar-refractivity contribution in [2.45, 2.75) is 80.1 Å². The number of methoxy groups -OCH3 is 1. The second kappa shape index (κ2) is 21.3. The predicted molar refractivity (Wildman–Crippen MR) is 117 cm³/mol. The van der Waals surface area contributed by atoms with Gasteiger partial charge in [-0.3, -0.25) is 19.3 Å². The van der Waals surface area contributed by atoms with Gasteiger partial charge in [0.15, 0.2) is 0 Å². The molecule has 2 aliphatic rings. The van der Waals surface area contributed by atoms with Crippen molar-refractivity contribution in [3.8, 4) is 0 Å². The lowest BCUT2D eigenvalue weighted by Gasteiger charge is -2.29. The summed E-state index contributed by atoms with van der Waals surface area (Å²) >= 11 is 1.75. The van der Waals surface area contributed by atoms with Gasteiger partial charge in [-0.15, -0.1) is 0 Å². The third kappa shape index (κ3) is 12.9. The molecule has 1 aliphatic carbocycles. The molecule has 2 amide bonds. The number of esters is 1. The van der Waals surface area contributed by atoms with Gasteiger partial charge in [0.25, 0.3) is 0 Å². The minimum atomic E-state index is -0.137. The van der Waals surface area contributed by atoms with Crippen LogP contribution in [-0.4, -0.2) is 48.8 Å². The Balaban J connectivity index is -0.000000555. The molecule has 6 heteroatoms. The SMILES string of the molecule is CC.CC.CC.COC(=O)C1CCC(CN2C(=O)CCC2=O)CC1.CSC. The van der Waals surface area contributed by atoms with Gasteiger partial charge in [-0.25, -0.2) is 0 Å². The van der Waals surface area contributed by atoms with Crippen molar-refractivity contribution in [2.75, 3.05) is 26.2 Å². The molecule has 27 heavy (non-hydrogen) atoms. The van der Waals surface area contributed by atoms with Crippen molar-refractivity contribution < 1.29 is 19.1 Å². The molecule has 162 valence electrons. The zero-order chi connectivity index (χ0) is 21.8. The van der Waals surface area contributed by atoms with Gasteiger partial charge in [0, 0.05) is 19.4 Å². The fourth-order valence-corrected chi connectivity index (χ4v) is 2.83. The van der Waals surface area contributed by atoms with E-state index >= 15 is 0 Å². The Hall–Kier alpha value is -1.04. The Morgan fingerprint density at radius 2 is 1.30 bits per heavy atom. The van der Waals surface area contributed by atoms with Gasteiger partial charge in [-0.1, -0.05) is 41.5 Å². The number of carbonyl (C=O) groups is 3. The quantitative estimate of drug-likeness (QED) is 0.478. The molecule has 0 radical (unpaired) electrons. The summed E-state index contributed by atoms with van der Waals surface area (Å²) in [6.45, 7) is 12.5. The molecule has 0 aromatic heterocycles. The molecule has 0 spiro atoms. The number of likely N-dealkylation sites (tertiary alicyclic amines) is 1. The van der Waals surface area contributed by atoms with Crippen molar-refractivity contribution in [1.82, 2.24) is 4.90 Å². The summed E-state index contributed by atoms with van der Waals surface area (Å²) in [7, 11) is 1.41. The topological polar surface area (TPSA) is 63.7 Å². The first-order valence-corrected chi connectivity index (χ1v) is 12.0. The number of rotatable bonds is 3. The van der Waals surface area contributed by atoms with E-state index in [1.807, 2.05) is 54.1 Å². The Morgan fingerprint density at radius 3 is 1.63 bits per heavy atom. The predicted octanol–water partition coefficient (Wildman–Crippen LogP) is 5.17. The third-order valence-corrected chi connectivity index (χ3v) is 3.98. The van der Waals surface area contributed by atoms with Crippen LogP contribution in [0.15, 0.2) is 0 Å². The number of carbonyl (C=O) groups excluding carboxylic acids is 3. The van der Waals surface area contributed by atoms with Crippen LogP contribution >= 0.6 is 11.8 Å². The van der Waals surface area contributed by atoms with Crippen LogP contribution in [0.2, 0.25) is 0 Å². The van der Waals surface area contributed by atoms with E-state index in [2.05, 4.69) is 0 Å². The van der Waals surface area contributed by atoms with Gasteiger partial charge in [0.2, 0.25) is 11.8 Å². The number of nitrogens with zero attached hydrogens (tertiary/aromatic N) is 1. The number of thioether (sulfide) groups is 1. The lowest BCUT2D eigenvalue weighted by Crippen LogP contribution is -2.36. The Kier molecular flexibility index (Phi) is 24.2. The standard InChI is InChI=1S/C13H19NO4.C2H6S.3C2H6/c1-18-13(17)10-4-2-9(3-5-10)8-14-11(15)6-7-12(14)16;1-3-2;3*1-2/h9-10H,2-8H2,1H3;1-2H3;3*1-2H3. The van der Waals surface area contributed by atoms with Crippen LogP contribution in [0.25, 0.3) is 0 Å². The molecule has 0 N–H and O–H groups in total. The highest BCUT2D eigenvalue weighted by Crippen LogP contribution is 2.31. The summed E-state index contributed by atoms with van der Waals surface area (Å²) in [5.41, 5.74) is 0. The lowest BCUT2D eigenvalue weighted by molar-refractivity contribution is -0.147. The van der Waals surface area contributed by atoms with E-state index in [0.717, 1.165) is 25.7 Å². The summed E-state index contributed by atoms with van der Waals surface area (Å²) in [5, 5.41) is 0. The van der Waals surface area contributed by atoms with Crippen molar-refractivity contribution in [1.29, 1.82) is 0 Å². The van der Waals surface area contributed by atoms with Crippen LogP contribution in [0.3, 0.4) is 0 Å². The average Bonchev–Trinajstić information content (AvgIpc) is 3.05. The molecule has 1 heterocycles. The van der Waals surface area contributed by atoms with Crippen LogP contribution < -0.4 is 0 Å². The van der Waals surface area contributed by atoms with Crippen molar-refractivity contribution in [3.05, 3.63) is 0 Å². The first-order chi connectivity index (χ1) is 13.0. The van der Waals surface area contributed by atoms with E-state index in [0.29, 0.717) is 25.3 Å². The zero-order valence-corrected chi connectivity index (χ0v) is 19.9. The Morgan fingerprint density at radius 1 is 0.926 bits per heavy atom. The fraction of sp³-hybridized carbons (Fsp3) is 0.857. The second-order valence-corrected chi connectivity index (χ2v) is 6.36. The highest BCUT2D eigenvalue weighted by atomic mass is 32.2. The maximum Gasteiger partial charge on any atom is 0.308 e. The molecular formula is C21H43NO4S. The molecule has 0 unspecified atom stereocenters. The third-order valence-electron chi connectivity index (χ3n) is 3.98. The van der Waals surface area contributed by atoms with E-state index in [-0.39, 0.29) is 23.7 Å². The van der Waals surface area contributed by atoms with Gasteiger partial charge < -0.3 is 4.74 Å². The van der Waals surface area contributed by atoms with Gasteiger partial charge in [-0.2, -0.15) is 11.8 Å². The summed E-state index contributed by atoms with van der Waals surface area (Å²) in [6.07, 6.45) is 8.17. The van der Waals surface area contributed by atoms with Crippen molar-refractivity contribution in [2.24, 2.45) is 11.8 Å². The molecule has 2 rings (SSSR count). The Bertz CT molecular complexity index is 364. The van der Waals surface area contributed by atoms with Gasteiger partial charge in [0.05, 0.1) is 13.0 Å². The van der Waals surface area contributed by atoms with Crippen LogP contribution in [0, 0.1) is 11.8 Å². The Labute approximate surface area is 172 Å². The van der Waals surface area contributed by atoms with Crippen LogP contribution in [0.4, 0.5) is 0 Å². The largest absolute Gasteiger partial charge is 0.469 e. The molecule has 2 fully saturated rings. The van der Waals surface area contributed by atoms with Crippen molar-refractivity contribution in [3.63, 3.8) is 0 Å². The van der Waals surface area contributed by atoms with Gasteiger partial charge in [0.1, 0.15) is 0 Å². The number of amides is 2. The van der Waals surface area contributed by atoms with Crippen LogP contribution in [0.5, 0.6) is 0 Å². The smallest absolute Gasteiger partial charge is 0.308 e. The highest BCUT2D eigenvalue weighted by molar-refractivity contribution is 7.97. The summed E-state index contributed by atoms with van der Waals surface area (Å²) in [4.78, 5) is 35.8. The maximum absolute atomic E-state index is 11.5. The molecule has 0 bridgehead atoms.